The third-order valence-corrected chi connectivity index (χ3v) is 4.32. The fourth-order valence-electron chi connectivity index (χ4n) is 2.84. The molecular weight excluding hydrogens is 260 g/mol. The molecule has 0 saturated heterocycles. The molecule has 0 fully saturated rings. The Morgan fingerprint density at radius 3 is 1.19 bits per heavy atom. The number of rotatable bonds is 17. The summed E-state index contributed by atoms with van der Waals surface area (Å²) in [6.45, 7) is 2.29. The van der Waals surface area contributed by atoms with Gasteiger partial charge in [-0.2, -0.15) is 0 Å². The van der Waals surface area contributed by atoms with E-state index in [-0.39, 0.29) is 6.29 Å². The molecule has 0 saturated carbocycles. The van der Waals surface area contributed by atoms with E-state index in [1.54, 1.807) is 14.2 Å². The Morgan fingerprint density at radius 2 is 0.857 bits per heavy atom. The molecule has 0 aromatic rings. The summed E-state index contributed by atoms with van der Waals surface area (Å²) in [7, 11) is 3.44. The van der Waals surface area contributed by atoms with Gasteiger partial charge in [0.25, 0.3) is 0 Å². The highest BCUT2D eigenvalue weighted by atomic mass is 16.7. The van der Waals surface area contributed by atoms with Gasteiger partial charge in [0.05, 0.1) is 0 Å². The molecule has 0 aliphatic rings. The van der Waals surface area contributed by atoms with E-state index in [2.05, 4.69) is 6.92 Å². The van der Waals surface area contributed by atoms with Gasteiger partial charge in [0, 0.05) is 14.2 Å². The number of hydrogen-bond donors (Lipinski definition) is 0. The predicted molar refractivity (Wildman–Crippen MR) is 92.7 cm³/mol. The molecule has 0 aliphatic carbocycles. The van der Waals surface area contributed by atoms with E-state index in [4.69, 9.17) is 9.47 Å². The fraction of sp³-hybridized carbons (Fsp3) is 1.00. The summed E-state index contributed by atoms with van der Waals surface area (Å²) in [4.78, 5) is 0. The lowest BCUT2D eigenvalue weighted by molar-refractivity contribution is -0.107. The van der Waals surface area contributed by atoms with Gasteiger partial charge in [-0.1, -0.05) is 90.4 Å². The van der Waals surface area contributed by atoms with E-state index in [0.29, 0.717) is 0 Å². The third-order valence-electron chi connectivity index (χ3n) is 4.32. The van der Waals surface area contributed by atoms with Gasteiger partial charge >= 0.3 is 0 Å². The van der Waals surface area contributed by atoms with E-state index in [9.17, 15) is 0 Å². The number of hydrogen-bond acceptors (Lipinski definition) is 2. The highest BCUT2D eigenvalue weighted by Gasteiger charge is 2.03. The molecule has 0 unspecified atom stereocenters. The highest BCUT2D eigenvalue weighted by Crippen LogP contribution is 2.14. The molecule has 0 bridgehead atoms. The van der Waals surface area contributed by atoms with Crippen LogP contribution in [-0.4, -0.2) is 20.5 Å². The zero-order valence-electron chi connectivity index (χ0n) is 15.0. The average Bonchev–Trinajstić information content (AvgIpc) is 2.51. The summed E-state index contributed by atoms with van der Waals surface area (Å²) in [6.07, 6.45) is 20.7. The second kappa shape index (κ2) is 18.0. The van der Waals surface area contributed by atoms with Crippen molar-refractivity contribution in [3.8, 4) is 0 Å². The van der Waals surface area contributed by atoms with Crippen LogP contribution in [-0.2, 0) is 9.47 Å². The summed E-state index contributed by atoms with van der Waals surface area (Å²) < 4.78 is 10.4. The Kier molecular flexibility index (Phi) is 17.9. The first-order valence-electron chi connectivity index (χ1n) is 9.40. The Hall–Kier alpha value is -0.0800. The minimum atomic E-state index is 0.00215. The van der Waals surface area contributed by atoms with E-state index >= 15 is 0 Å². The Morgan fingerprint density at radius 1 is 0.524 bits per heavy atom. The molecule has 0 atom stereocenters. The number of methoxy groups -OCH3 is 2. The van der Waals surface area contributed by atoms with Crippen molar-refractivity contribution >= 4 is 0 Å². The summed E-state index contributed by atoms with van der Waals surface area (Å²) in [6, 6.07) is 0. The van der Waals surface area contributed by atoms with Gasteiger partial charge in [0.2, 0.25) is 0 Å². The van der Waals surface area contributed by atoms with Crippen molar-refractivity contribution in [2.24, 2.45) is 0 Å². The van der Waals surface area contributed by atoms with E-state index in [1.807, 2.05) is 0 Å². The van der Waals surface area contributed by atoms with Crippen LogP contribution in [0.2, 0.25) is 0 Å². The molecule has 0 heterocycles. The molecule has 0 spiro atoms. The molecule has 2 heteroatoms. The van der Waals surface area contributed by atoms with Crippen LogP contribution < -0.4 is 0 Å². The highest BCUT2D eigenvalue weighted by molar-refractivity contribution is 4.50. The van der Waals surface area contributed by atoms with Gasteiger partial charge < -0.3 is 9.47 Å². The Bertz CT molecular complexity index is 178. The van der Waals surface area contributed by atoms with Crippen molar-refractivity contribution in [3.63, 3.8) is 0 Å². The van der Waals surface area contributed by atoms with Crippen LogP contribution in [0.5, 0.6) is 0 Å². The van der Waals surface area contributed by atoms with Crippen molar-refractivity contribution < 1.29 is 9.47 Å². The zero-order valence-corrected chi connectivity index (χ0v) is 15.0. The van der Waals surface area contributed by atoms with Gasteiger partial charge in [0.15, 0.2) is 6.29 Å². The van der Waals surface area contributed by atoms with Crippen LogP contribution in [0, 0.1) is 0 Å². The van der Waals surface area contributed by atoms with Crippen LogP contribution in [0.15, 0.2) is 0 Å². The zero-order chi connectivity index (χ0) is 15.6. The molecule has 128 valence electrons. The van der Waals surface area contributed by atoms with Gasteiger partial charge in [0.1, 0.15) is 0 Å². The minimum absolute atomic E-state index is 0.00215. The summed E-state index contributed by atoms with van der Waals surface area (Å²) in [5.74, 6) is 0. The first-order valence-corrected chi connectivity index (χ1v) is 9.40. The lowest BCUT2D eigenvalue weighted by Crippen LogP contribution is -2.12. The van der Waals surface area contributed by atoms with Crippen molar-refractivity contribution in [2.75, 3.05) is 14.2 Å². The lowest BCUT2D eigenvalue weighted by Gasteiger charge is -2.12. The van der Waals surface area contributed by atoms with E-state index < -0.39 is 0 Å². The normalized spacial score (nSPS) is 11.4. The smallest absolute Gasteiger partial charge is 0.156 e. The maximum Gasteiger partial charge on any atom is 0.156 e. The molecule has 0 amide bonds. The SMILES string of the molecule is CCCCCCCCCCCCCCCCC(OC)OC. The van der Waals surface area contributed by atoms with Gasteiger partial charge in [-0.15, -0.1) is 0 Å². The lowest BCUT2D eigenvalue weighted by atomic mass is 10.0. The number of unbranched alkanes of at least 4 members (excludes halogenated alkanes) is 13. The molecule has 2 nitrogen and oxygen atoms in total. The van der Waals surface area contributed by atoms with Crippen molar-refractivity contribution in [2.45, 2.75) is 110 Å². The second-order valence-corrected chi connectivity index (χ2v) is 6.29. The van der Waals surface area contributed by atoms with Crippen molar-refractivity contribution in [1.82, 2.24) is 0 Å². The largest absolute Gasteiger partial charge is 0.356 e. The van der Waals surface area contributed by atoms with Crippen LogP contribution in [0.1, 0.15) is 103 Å². The second-order valence-electron chi connectivity index (χ2n) is 6.29. The molecule has 0 aromatic heterocycles. The standard InChI is InChI=1S/C19H40O2/c1-4-5-6-7-8-9-10-11-12-13-14-15-16-17-18-19(20-2)21-3/h19H,4-18H2,1-3H3. The first kappa shape index (κ1) is 20.9. The predicted octanol–water partition coefficient (Wildman–Crippen LogP) is 6.48. The van der Waals surface area contributed by atoms with E-state index in [0.717, 1.165) is 6.42 Å². The average molecular weight is 301 g/mol. The van der Waals surface area contributed by atoms with Crippen LogP contribution in [0.25, 0.3) is 0 Å². The molecule has 0 radical (unpaired) electrons. The molecule has 0 rings (SSSR count). The van der Waals surface area contributed by atoms with Crippen LogP contribution >= 0.6 is 0 Å². The topological polar surface area (TPSA) is 18.5 Å². The summed E-state index contributed by atoms with van der Waals surface area (Å²) >= 11 is 0. The maximum atomic E-state index is 5.19. The number of ether oxygens (including phenoxy) is 2. The Labute approximate surface area is 134 Å². The molecular formula is C19H40O2. The van der Waals surface area contributed by atoms with Crippen molar-refractivity contribution in [3.05, 3.63) is 0 Å². The van der Waals surface area contributed by atoms with Crippen LogP contribution in [0.3, 0.4) is 0 Å². The monoisotopic (exact) mass is 300 g/mol. The van der Waals surface area contributed by atoms with Crippen LogP contribution in [0.4, 0.5) is 0 Å². The Balaban J connectivity index is 3.02. The summed E-state index contributed by atoms with van der Waals surface area (Å²) in [5.41, 5.74) is 0. The fourth-order valence-corrected chi connectivity index (χ4v) is 2.84. The molecule has 0 aliphatic heterocycles. The maximum absolute atomic E-state index is 5.19. The molecule has 21 heavy (non-hydrogen) atoms. The van der Waals surface area contributed by atoms with Crippen molar-refractivity contribution in [1.29, 1.82) is 0 Å². The first-order chi connectivity index (χ1) is 10.3. The minimum Gasteiger partial charge on any atom is -0.356 e. The van der Waals surface area contributed by atoms with E-state index in [1.165, 1.54) is 89.9 Å². The summed E-state index contributed by atoms with van der Waals surface area (Å²) in [5, 5.41) is 0. The third kappa shape index (κ3) is 16.1. The van der Waals surface area contributed by atoms with Gasteiger partial charge in [-0.25, -0.2) is 0 Å². The van der Waals surface area contributed by atoms with Gasteiger partial charge in [-0.3, -0.25) is 0 Å². The quantitative estimate of drug-likeness (QED) is 0.226. The molecule has 0 aromatic carbocycles. The molecule has 0 N–H and O–H groups in total. The van der Waals surface area contributed by atoms with Gasteiger partial charge in [-0.05, 0) is 12.8 Å².